The average Bonchev–Trinajstić information content (AvgIpc) is 2.61. The van der Waals surface area contributed by atoms with Crippen LogP contribution in [-0.2, 0) is 6.54 Å². The summed E-state index contributed by atoms with van der Waals surface area (Å²) in [6.07, 6.45) is 5.38. The van der Waals surface area contributed by atoms with E-state index in [9.17, 15) is 0 Å². The van der Waals surface area contributed by atoms with E-state index in [1.165, 1.54) is 0 Å². The molecule has 0 aliphatic carbocycles. The number of aryl methyl sites for hydroxylation is 1. The lowest BCUT2D eigenvalue weighted by atomic mass is 10.2. The first-order valence-electron chi connectivity index (χ1n) is 4.59. The highest BCUT2D eigenvalue weighted by Crippen LogP contribution is 2.14. The maximum Gasteiger partial charge on any atom is 0.0540 e. The van der Waals surface area contributed by atoms with Crippen LogP contribution in [0.3, 0.4) is 0 Å². The molecule has 0 aromatic carbocycles. The number of halogens is 1. The lowest BCUT2D eigenvalue weighted by Gasteiger charge is -2.04. The molecule has 15 heavy (non-hydrogen) atoms. The van der Waals surface area contributed by atoms with Crippen molar-refractivity contribution in [3.63, 3.8) is 0 Å². The predicted octanol–water partition coefficient (Wildman–Crippen LogP) is 2.49. The van der Waals surface area contributed by atoms with Crippen LogP contribution < -0.4 is 5.32 Å². The van der Waals surface area contributed by atoms with Gasteiger partial charge < -0.3 is 5.32 Å². The average molecular weight is 267 g/mol. The fourth-order valence-corrected chi connectivity index (χ4v) is 1.62. The number of aromatic amines is 1. The van der Waals surface area contributed by atoms with Gasteiger partial charge in [0, 0.05) is 28.5 Å². The second-order valence-electron chi connectivity index (χ2n) is 3.27. The summed E-state index contributed by atoms with van der Waals surface area (Å²) in [5, 5.41) is 10.1. The Hall–Kier alpha value is -1.36. The summed E-state index contributed by atoms with van der Waals surface area (Å²) in [7, 11) is 0. The molecule has 78 valence electrons. The minimum atomic E-state index is 0.750. The maximum atomic E-state index is 4.07. The molecule has 0 saturated heterocycles. The quantitative estimate of drug-likeness (QED) is 0.898. The zero-order valence-electron chi connectivity index (χ0n) is 8.29. The molecule has 2 aromatic heterocycles. The van der Waals surface area contributed by atoms with Crippen molar-refractivity contribution >= 4 is 21.6 Å². The summed E-state index contributed by atoms with van der Waals surface area (Å²) in [5.74, 6) is 0. The van der Waals surface area contributed by atoms with Crippen molar-refractivity contribution in [3.8, 4) is 0 Å². The van der Waals surface area contributed by atoms with Crippen LogP contribution in [0.2, 0.25) is 0 Å². The van der Waals surface area contributed by atoms with Crippen LogP contribution in [0.4, 0.5) is 5.69 Å². The Morgan fingerprint density at radius 3 is 2.93 bits per heavy atom. The predicted molar refractivity (Wildman–Crippen MR) is 62.6 cm³/mol. The first-order chi connectivity index (χ1) is 7.25. The fraction of sp³-hybridized carbons (Fsp3) is 0.200. The Labute approximate surface area is 96.3 Å². The summed E-state index contributed by atoms with van der Waals surface area (Å²) in [4.78, 5) is 4.07. The number of rotatable bonds is 3. The van der Waals surface area contributed by atoms with Gasteiger partial charge in [0.1, 0.15) is 0 Å². The molecule has 0 amide bonds. The van der Waals surface area contributed by atoms with Gasteiger partial charge in [0.25, 0.3) is 0 Å². The van der Waals surface area contributed by atoms with Gasteiger partial charge in [0.15, 0.2) is 0 Å². The number of pyridine rings is 1. The van der Waals surface area contributed by atoms with Gasteiger partial charge >= 0.3 is 0 Å². The lowest BCUT2D eigenvalue weighted by Crippen LogP contribution is -2.00. The van der Waals surface area contributed by atoms with Gasteiger partial charge in [-0.25, -0.2) is 0 Å². The van der Waals surface area contributed by atoms with Crippen LogP contribution in [0, 0.1) is 6.92 Å². The summed E-state index contributed by atoms with van der Waals surface area (Å²) < 4.78 is 0.969. The van der Waals surface area contributed by atoms with Crippen molar-refractivity contribution in [1.29, 1.82) is 0 Å². The van der Waals surface area contributed by atoms with E-state index < -0.39 is 0 Å². The molecule has 0 radical (unpaired) electrons. The molecule has 2 heterocycles. The molecular formula is C10H11BrN4. The molecule has 0 saturated carbocycles. The molecule has 0 aliphatic rings. The second-order valence-corrected chi connectivity index (χ2v) is 4.18. The summed E-state index contributed by atoms with van der Waals surface area (Å²) in [6.45, 7) is 2.75. The first kappa shape index (κ1) is 10.2. The third-order valence-electron chi connectivity index (χ3n) is 2.12. The molecule has 0 atom stereocenters. The zero-order chi connectivity index (χ0) is 10.7. The number of aromatic nitrogens is 3. The van der Waals surface area contributed by atoms with E-state index in [0.717, 1.165) is 28.0 Å². The number of hydrogen-bond donors (Lipinski definition) is 2. The van der Waals surface area contributed by atoms with E-state index in [4.69, 9.17) is 0 Å². The van der Waals surface area contributed by atoms with Gasteiger partial charge in [-0.2, -0.15) is 5.10 Å². The topological polar surface area (TPSA) is 53.6 Å². The van der Waals surface area contributed by atoms with Crippen LogP contribution in [0.5, 0.6) is 0 Å². The highest BCUT2D eigenvalue weighted by Gasteiger charge is 2.00. The molecule has 4 nitrogen and oxygen atoms in total. The third kappa shape index (κ3) is 2.56. The van der Waals surface area contributed by atoms with Crippen molar-refractivity contribution in [2.24, 2.45) is 0 Å². The summed E-state index contributed by atoms with van der Waals surface area (Å²) in [5.41, 5.74) is 3.24. The normalized spacial score (nSPS) is 10.3. The number of hydrogen-bond acceptors (Lipinski definition) is 3. The van der Waals surface area contributed by atoms with Crippen LogP contribution in [-0.4, -0.2) is 15.2 Å². The molecule has 0 bridgehead atoms. The van der Waals surface area contributed by atoms with Crippen LogP contribution in [0.1, 0.15) is 11.3 Å². The van der Waals surface area contributed by atoms with E-state index in [1.807, 2.05) is 19.2 Å². The Bertz CT molecular complexity index is 452. The zero-order valence-corrected chi connectivity index (χ0v) is 9.87. The Kier molecular flexibility index (Phi) is 3.01. The SMILES string of the molecule is Cc1[nH]ncc1CNc1cncc(Br)c1. The molecule has 2 N–H and O–H groups in total. The van der Waals surface area contributed by atoms with Gasteiger partial charge in [-0.15, -0.1) is 0 Å². The largest absolute Gasteiger partial charge is 0.380 e. The van der Waals surface area contributed by atoms with E-state index in [0.29, 0.717) is 0 Å². The number of nitrogens with one attached hydrogen (secondary N) is 2. The highest BCUT2D eigenvalue weighted by molar-refractivity contribution is 9.10. The van der Waals surface area contributed by atoms with E-state index in [-0.39, 0.29) is 0 Å². The van der Waals surface area contributed by atoms with Gasteiger partial charge in [0.05, 0.1) is 18.1 Å². The molecule has 0 aliphatic heterocycles. The molecular weight excluding hydrogens is 256 g/mol. The van der Waals surface area contributed by atoms with Gasteiger partial charge in [-0.3, -0.25) is 10.1 Å². The maximum absolute atomic E-state index is 4.07. The molecule has 2 aromatic rings. The first-order valence-corrected chi connectivity index (χ1v) is 5.38. The molecule has 0 unspecified atom stereocenters. The molecule has 0 spiro atoms. The minimum Gasteiger partial charge on any atom is -0.380 e. The number of nitrogens with zero attached hydrogens (tertiary/aromatic N) is 2. The number of anilines is 1. The number of H-pyrrole nitrogens is 1. The van der Waals surface area contributed by atoms with Crippen molar-refractivity contribution in [3.05, 3.63) is 40.4 Å². The van der Waals surface area contributed by atoms with Crippen LogP contribution >= 0.6 is 15.9 Å². The summed E-state index contributed by atoms with van der Waals surface area (Å²) in [6, 6.07) is 1.99. The van der Waals surface area contributed by atoms with E-state index in [2.05, 4.69) is 36.4 Å². The minimum absolute atomic E-state index is 0.750. The highest BCUT2D eigenvalue weighted by atomic mass is 79.9. The smallest absolute Gasteiger partial charge is 0.0540 e. The van der Waals surface area contributed by atoms with Crippen molar-refractivity contribution in [1.82, 2.24) is 15.2 Å². The Balaban J connectivity index is 2.02. The van der Waals surface area contributed by atoms with Crippen molar-refractivity contribution in [2.45, 2.75) is 13.5 Å². The van der Waals surface area contributed by atoms with E-state index >= 15 is 0 Å². The Morgan fingerprint density at radius 2 is 2.27 bits per heavy atom. The van der Waals surface area contributed by atoms with Crippen LogP contribution in [0.25, 0.3) is 0 Å². The molecule has 0 fully saturated rings. The fourth-order valence-electron chi connectivity index (χ4n) is 1.26. The standard InChI is InChI=1S/C10H11BrN4/c1-7-8(4-14-15-7)3-13-10-2-9(11)5-12-6-10/h2,4-6,13H,3H2,1H3,(H,14,15). The molecule has 2 rings (SSSR count). The lowest BCUT2D eigenvalue weighted by molar-refractivity contribution is 1.04. The van der Waals surface area contributed by atoms with Crippen molar-refractivity contribution in [2.75, 3.05) is 5.32 Å². The Morgan fingerprint density at radius 1 is 1.40 bits per heavy atom. The van der Waals surface area contributed by atoms with Gasteiger partial charge in [-0.1, -0.05) is 0 Å². The third-order valence-corrected chi connectivity index (χ3v) is 2.56. The van der Waals surface area contributed by atoms with Gasteiger partial charge in [0.2, 0.25) is 0 Å². The molecule has 5 heteroatoms. The van der Waals surface area contributed by atoms with Crippen LogP contribution in [0.15, 0.2) is 29.1 Å². The van der Waals surface area contributed by atoms with E-state index in [1.54, 1.807) is 12.4 Å². The summed E-state index contributed by atoms with van der Waals surface area (Å²) >= 11 is 3.37. The van der Waals surface area contributed by atoms with Gasteiger partial charge in [-0.05, 0) is 28.9 Å². The van der Waals surface area contributed by atoms with Crippen molar-refractivity contribution < 1.29 is 0 Å². The monoisotopic (exact) mass is 266 g/mol. The second kappa shape index (κ2) is 4.44.